The number of rotatable bonds is 4. The molecule has 0 aliphatic carbocycles. The SMILES string of the molecule is O=C([C@H]1COc2ccccc2O1)N(Cc1ccc2c(c1)OCO2)c1ccccc1. The standard InChI is InChI=1S/C23H19NO5/c25-23(22-14-26-18-8-4-5-9-20(18)29-22)24(17-6-2-1-3-7-17)13-16-10-11-19-21(12-16)28-15-27-19/h1-12,22H,13-15H2/t22-/m1/s1. The number of amides is 1. The molecular weight excluding hydrogens is 370 g/mol. The Hall–Kier alpha value is -3.67. The molecule has 0 aromatic heterocycles. The van der Waals surface area contributed by atoms with Crippen molar-refractivity contribution in [2.24, 2.45) is 0 Å². The van der Waals surface area contributed by atoms with E-state index in [4.69, 9.17) is 18.9 Å². The summed E-state index contributed by atoms with van der Waals surface area (Å²) < 4.78 is 22.5. The Morgan fingerprint density at radius 3 is 2.41 bits per heavy atom. The van der Waals surface area contributed by atoms with E-state index in [2.05, 4.69) is 0 Å². The van der Waals surface area contributed by atoms with Gasteiger partial charge in [0.1, 0.15) is 6.61 Å². The minimum atomic E-state index is -0.723. The van der Waals surface area contributed by atoms with E-state index in [1.54, 1.807) is 11.0 Å². The lowest BCUT2D eigenvalue weighted by atomic mass is 10.1. The molecular formula is C23H19NO5. The first-order chi connectivity index (χ1) is 14.3. The van der Waals surface area contributed by atoms with Crippen LogP contribution in [0.4, 0.5) is 5.69 Å². The van der Waals surface area contributed by atoms with Gasteiger partial charge in [-0.25, -0.2) is 0 Å². The lowest BCUT2D eigenvalue weighted by molar-refractivity contribution is -0.127. The van der Waals surface area contributed by atoms with Crippen molar-refractivity contribution in [3.8, 4) is 23.0 Å². The van der Waals surface area contributed by atoms with E-state index in [1.165, 1.54) is 0 Å². The molecule has 1 atom stereocenters. The average molecular weight is 389 g/mol. The van der Waals surface area contributed by atoms with Crippen LogP contribution in [0.3, 0.4) is 0 Å². The van der Waals surface area contributed by atoms with Crippen molar-refractivity contribution >= 4 is 11.6 Å². The normalized spacial score (nSPS) is 16.3. The minimum Gasteiger partial charge on any atom is -0.485 e. The van der Waals surface area contributed by atoms with Crippen molar-refractivity contribution in [3.05, 3.63) is 78.4 Å². The van der Waals surface area contributed by atoms with Crippen molar-refractivity contribution in [3.63, 3.8) is 0 Å². The zero-order valence-electron chi connectivity index (χ0n) is 15.6. The quantitative estimate of drug-likeness (QED) is 0.680. The van der Waals surface area contributed by atoms with Crippen molar-refractivity contribution < 1.29 is 23.7 Å². The van der Waals surface area contributed by atoms with Crippen LogP contribution in [0.2, 0.25) is 0 Å². The van der Waals surface area contributed by atoms with Gasteiger partial charge < -0.3 is 23.8 Å². The van der Waals surface area contributed by atoms with Crippen LogP contribution in [0.1, 0.15) is 5.56 Å². The number of anilines is 1. The number of hydrogen-bond donors (Lipinski definition) is 0. The fourth-order valence-electron chi connectivity index (χ4n) is 3.44. The van der Waals surface area contributed by atoms with Crippen LogP contribution >= 0.6 is 0 Å². The Kier molecular flexibility index (Phi) is 4.44. The molecule has 6 nitrogen and oxygen atoms in total. The number of fused-ring (bicyclic) bond motifs is 2. The third-order valence-corrected chi connectivity index (χ3v) is 4.90. The first-order valence-electron chi connectivity index (χ1n) is 9.41. The van der Waals surface area contributed by atoms with Crippen molar-refractivity contribution in [1.29, 1.82) is 0 Å². The van der Waals surface area contributed by atoms with E-state index in [0.29, 0.717) is 29.5 Å². The second kappa shape index (κ2) is 7.39. The zero-order chi connectivity index (χ0) is 19.6. The average Bonchev–Trinajstić information content (AvgIpc) is 3.25. The highest BCUT2D eigenvalue weighted by Crippen LogP contribution is 2.34. The van der Waals surface area contributed by atoms with Crippen LogP contribution in [0, 0.1) is 0 Å². The molecule has 0 unspecified atom stereocenters. The third kappa shape index (κ3) is 3.45. The molecule has 0 saturated carbocycles. The van der Waals surface area contributed by atoms with E-state index in [1.807, 2.05) is 66.7 Å². The van der Waals surface area contributed by atoms with E-state index in [-0.39, 0.29) is 19.3 Å². The van der Waals surface area contributed by atoms with Gasteiger partial charge in [-0.3, -0.25) is 4.79 Å². The number of nitrogens with zero attached hydrogens (tertiary/aromatic N) is 1. The van der Waals surface area contributed by atoms with Gasteiger partial charge in [-0.2, -0.15) is 0 Å². The van der Waals surface area contributed by atoms with Crippen molar-refractivity contribution in [2.45, 2.75) is 12.6 Å². The highest BCUT2D eigenvalue weighted by molar-refractivity contribution is 5.97. The van der Waals surface area contributed by atoms with Crippen LogP contribution in [0.15, 0.2) is 72.8 Å². The summed E-state index contributed by atoms with van der Waals surface area (Å²) in [5, 5.41) is 0. The van der Waals surface area contributed by atoms with E-state index in [9.17, 15) is 4.79 Å². The topological polar surface area (TPSA) is 57.2 Å². The number of para-hydroxylation sites is 3. The summed E-state index contributed by atoms with van der Waals surface area (Å²) in [5.41, 5.74) is 1.72. The molecule has 6 heteroatoms. The molecule has 3 aromatic carbocycles. The highest BCUT2D eigenvalue weighted by atomic mass is 16.7. The molecule has 2 aliphatic heterocycles. The second-order valence-corrected chi connectivity index (χ2v) is 6.81. The van der Waals surface area contributed by atoms with Crippen molar-refractivity contribution in [1.82, 2.24) is 0 Å². The Labute approximate surface area is 168 Å². The first kappa shape index (κ1) is 17.4. The highest BCUT2D eigenvalue weighted by Gasteiger charge is 2.32. The Morgan fingerprint density at radius 2 is 1.55 bits per heavy atom. The van der Waals surface area contributed by atoms with Gasteiger partial charge in [0.05, 0.1) is 6.54 Å². The van der Waals surface area contributed by atoms with Gasteiger partial charge >= 0.3 is 0 Å². The van der Waals surface area contributed by atoms with E-state index >= 15 is 0 Å². The molecule has 5 rings (SSSR count). The number of carbonyl (C=O) groups excluding carboxylic acids is 1. The number of carbonyl (C=O) groups is 1. The first-order valence-corrected chi connectivity index (χ1v) is 9.41. The van der Waals surface area contributed by atoms with Gasteiger partial charge in [-0.05, 0) is 42.0 Å². The zero-order valence-corrected chi connectivity index (χ0v) is 15.6. The van der Waals surface area contributed by atoms with Crippen LogP contribution < -0.4 is 23.8 Å². The lowest BCUT2D eigenvalue weighted by Gasteiger charge is -2.31. The van der Waals surface area contributed by atoms with Gasteiger partial charge in [0.25, 0.3) is 5.91 Å². The van der Waals surface area contributed by atoms with Crippen molar-refractivity contribution in [2.75, 3.05) is 18.3 Å². The predicted molar refractivity (Wildman–Crippen MR) is 107 cm³/mol. The smallest absolute Gasteiger partial charge is 0.271 e. The fraction of sp³-hybridized carbons (Fsp3) is 0.174. The van der Waals surface area contributed by atoms with Gasteiger partial charge in [-0.1, -0.05) is 36.4 Å². The molecule has 29 heavy (non-hydrogen) atoms. The molecule has 0 saturated heterocycles. The molecule has 2 aliphatic rings. The molecule has 0 radical (unpaired) electrons. The largest absolute Gasteiger partial charge is 0.485 e. The maximum absolute atomic E-state index is 13.4. The van der Waals surface area contributed by atoms with E-state index in [0.717, 1.165) is 11.3 Å². The molecule has 2 heterocycles. The summed E-state index contributed by atoms with van der Waals surface area (Å²) in [6.07, 6.45) is -0.723. The Balaban J connectivity index is 1.42. The Morgan fingerprint density at radius 1 is 0.828 bits per heavy atom. The maximum atomic E-state index is 13.4. The summed E-state index contributed by atoms with van der Waals surface area (Å²) in [6.45, 7) is 0.758. The molecule has 3 aromatic rings. The van der Waals surface area contributed by atoms with Gasteiger partial charge in [0, 0.05) is 5.69 Å². The number of hydrogen-bond acceptors (Lipinski definition) is 5. The molecule has 0 N–H and O–H groups in total. The number of benzene rings is 3. The molecule has 0 bridgehead atoms. The maximum Gasteiger partial charge on any atom is 0.271 e. The number of ether oxygens (including phenoxy) is 4. The molecule has 1 amide bonds. The van der Waals surface area contributed by atoms with Crippen LogP contribution in [0.25, 0.3) is 0 Å². The molecule has 0 fully saturated rings. The summed E-state index contributed by atoms with van der Waals surface area (Å²) in [5.74, 6) is 2.47. The van der Waals surface area contributed by atoms with Gasteiger partial charge in [-0.15, -0.1) is 0 Å². The van der Waals surface area contributed by atoms with Gasteiger partial charge in [0.2, 0.25) is 12.9 Å². The van der Waals surface area contributed by atoms with Crippen LogP contribution in [0.5, 0.6) is 23.0 Å². The predicted octanol–water partition coefficient (Wildman–Crippen LogP) is 3.79. The summed E-state index contributed by atoms with van der Waals surface area (Å²) in [7, 11) is 0. The van der Waals surface area contributed by atoms with E-state index < -0.39 is 6.10 Å². The monoisotopic (exact) mass is 389 g/mol. The second-order valence-electron chi connectivity index (χ2n) is 6.81. The molecule has 146 valence electrons. The Bertz CT molecular complexity index is 1040. The van der Waals surface area contributed by atoms with Gasteiger partial charge in [0.15, 0.2) is 23.0 Å². The fourth-order valence-corrected chi connectivity index (χ4v) is 3.44. The summed E-state index contributed by atoms with van der Waals surface area (Å²) >= 11 is 0. The summed E-state index contributed by atoms with van der Waals surface area (Å²) in [6, 6.07) is 22.6. The van der Waals surface area contributed by atoms with Crippen LogP contribution in [-0.4, -0.2) is 25.4 Å². The third-order valence-electron chi connectivity index (χ3n) is 4.90. The molecule has 0 spiro atoms. The lowest BCUT2D eigenvalue weighted by Crippen LogP contribution is -2.46. The van der Waals surface area contributed by atoms with Crippen LogP contribution in [-0.2, 0) is 11.3 Å². The summed E-state index contributed by atoms with van der Waals surface area (Å²) in [4.78, 5) is 15.1. The minimum absolute atomic E-state index is 0.164.